The van der Waals surface area contributed by atoms with Gasteiger partial charge in [0.25, 0.3) is 11.8 Å². The molecule has 1 aliphatic rings. The van der Waals surface area contributed by atoms with Gasteiger partial charge >= 0.3 is 0 Å². The van der Waals surface area contributed by atoms with Crippen molar-refractivity contribution in [3.63, 3.8) is 0 Å². The number of rotatable bonds is 9. The molecule has 0 atom stereocenters. The Morgan fingerprint density at radius 2 is 1.65 bits per heavy atom. The van der Waals surface area contributed by atoms with Crippen molar-refractivity contribution in [2.45, 2.75) is 18.4 Å². The number of hydrogen-bond donors (Lipinski definition) is 1. The SMILES string of the molecule is CCN(CCNC(=O)c1ccc2c(c1)N(Cc1ccc(F)cc1)C(=O)C(=Cc1ccccc1)S2)c1ccccc1. The lowest BCUT2D eigenvalue weighted by Crippen LogP contribution is -2.36. The summed E-state index contributed by atoms with van der Waals surface area (Å²) >= 11 is 1.39. The zero-order valence-corrected chi connectivity index (χ0v) is 23.0. The fourth-order valence-corrected chi connectivity index (χ4v) is 5.64. The Morgan fingerprint density at radius 1 is 0.950 bits per heavy atom. The molecule has 4 aromatic carbocycles. The minimum atomic E-state index is -0.331. The maximum atomic E-state index is 13.7. The Balaban J connectivity index is 1.38. The lowest BCUT2D eigenvalue weighted by Gasteiger charge is -2.31. The number of carbonyl (C=O) groups is 2. The first kappa shape index (κ1) is 27.2. The number of halogens is 1. The molecule has 202 valence electrons. The van der Waals surface area contributed by atoms with Crippen LogP contribution in [0.1, 0.15) is 28.4 Å². The molecule has 1 N–H and O–H groups in total. The molecule has 0 aliphatic carbocycles. The molecule has 7 heteroatoms. The summed E-state index contributed by atoms with van der Waals surface area (Å²) in [6.45, 7) is 4.33. The summed E-state index contributed by atoms with van der Waals surface area (Å²) in [6.07, 6.45) is 1.88. The molecule has 0 spiro atoms. The van der Waals surface area contributed by atoms with Gasteiger partial charge in [0.15, 0.2) is 0 Å². The zero-order chi connectivity index (χ0) is 27.9. The van der Waals surface area contributed by atoms with Gasteiger partial charge < -0.3 is 15.1 Å². The minimum Gasteiger partial charge on any atom is -0.370 e. The smallest absolute Gasteiger partial charge is 0.265 e. The molecule has 40 heavy (non-hydrogen) atoms. The van der Waals surface area contributed by atoms with Crippen molar-refractivity contribution in [1.82, 2.24) is 5.32 Å². The van der Waals surface area contributed by atoms with E-state index in [1.807, 2.05) is 60.7 Å². The molecule has 4 aromatic rings. The summed E-state index contributed by atoms with van der Waals surface area (Å²) in [5.74, 6) is -0.691. The van der Waals surface area contributed by atoms with Crippen LogP contribution >= 0.6 is 11.8 Å². The van der Waals surface area contributed by atoms with E-state index in [2.05, 4.69) is 29.3 Å². The summed E-state index contributed by atoms with van der Waals surface area (Å²) in [7, 11) is 0. The van der Waals surface area contributed by atoms with E-state index in [-0.39, 0.29) is 24.2 Å². The molecule has 0 aromatic heterocycles. The fourth-order valence-electron chi connectivity index (χ4n) is 4.60. The lowest BCUT2D eigenvalue weighted by atomic mass is 10.1. The number of fused-ring (bicyclic) bond motifs is 1. The molecule has 1 heterocycles. The van der Waals surface area contributed by atoms with Crippen molar-refractivity contribution >= 4 is 41.0 Å². The van der Waals surface area contributed by atoms with Gasteiger partial charge in [-0.1, -0.05) is 72.4 Å². The molecular formula is C33H30FN3O2S. The highest BCUT2D eigenvalue weighted by atomic mass is 32.2. The van der Waals surface area contributed by atoms with Gasteiger partial charge in [0.05, 0.1) is 17.1 Å². The van der Waals surface area contributed by atoms with Crippen LogP contribution in [-0.4, -0.2) is 31.4 Å². The van der Waals surface area contributed by atoms with Crippen LogP contribution in [0, 0.1) is 5.82 Å². The number of anilines is 2. The van der Waals surface area contributed by atoms with Gasteiger partial charge in [-0.05, 0) is 66.6 Å². The third kappa shape index (κ3) is 6.43. The lowest BCUT2D eigenvalue weighted by molar-refractivity contribution is -0.114. The van der Waals surface area contributed by atoms with E-state index in [0.717, 1.165) is 28.3 Å². The topological polar surface area (TPSA) is 52.7 Å². The molecular weight excluding hydrogens is 521 g/mol. The Bertz CT molecular complexity index is 1510. The number of carbonyl (C=O) groups excluding carboxylic acids is 2. The highest BCUT2D eigenvalue weighted by Crippen LogP contribution is 2.43. The molecule has 2 amide bonds. The van der Waals surface area contributed by atoms with Gasteiger partial charge in [-0.3, -0.25) is 9.59 Å². The van der Waals surface area contributed by atoms with Crippen molar-refractivity contribution in [1.29, 1.82) is 0 Å². The number of nitrogens with zero attached hydrogens (tertiary/aromatic N) is 2. The Labute approximate surface area is 238 Å². The number of hydrogen-bond acceptors (Lipinski definition) is 4. The molecule has 0 bridgehead atoms. The molecule has 5 nitrogen and oxygen atoms in total. The molecule has 0 radical (unpaired) electrons. The Hall–Kier alpha value is -4.36. The number of amides is 2. The average molecular weight is 552 g/mol. The van der Waals surface area contributed by atoms with Crippen LogP contribution < -0.4 is 15.1 Å². The average Bonchev–Trinajstić information content (AvgIpc) is 2.99. The standard InChI is InChI=1S/C33H30FN3O2S/c1-2-36(28-11-7-4-8-12-28)20-19-35-32(38)26-15-18-30-29(22-26)37(23-25-13-16-27(34)17-14-25)33(39)31(40-30)21-24-9-5-3-6-10-24/h3-18,21-22H,2,19-20,23H2,1H3,(H,35,38). The van der Waals surface area contributed by atoms with Gasteiger partial charge in [-0.25, -0.2) is 4.39 Å². The third-order valence-corrected chi connectivity index (χ3v) is 7.79. The molecule has 0 fully saturated rings. The van der Waals surface area contributed by atoms with Crippen LogP contribution in [0.3, 0.4) is 0 Å². The van der Waals surface area contributed by atoms with Gasteiger partial charge in [0.2, 0.25) is 0 Å². The van der Waals surface area contributed by atoms with E-state index in [9.17, 15) is 14.0 Å². The number of likely N-dealkylation sites (N-methyl/N-ethyl adjacent to an activating group) is 1. The summed E-state index contributed by atoms with van der Waals surface area (Å²) in [6, 6.07) is 31.4. The number of para-hydroxylation sites is 1. The first-order chi connectivity index (χ1) is 19.5. The number of thioether (sulfide) groups is 1. The van der Waals surface area contributed by atoms with Crippen LogP contribution in [-0.2, 0) is 11.3 Å². The second kappa shape index (κ2) is 12.7. The normalized spacial score (nSPS) is 13.7. The van der Waals surface area contributed by atoms with Crippen LogP contribution in [0.2, 0.25) is 0 Å². The van der Waals surface area contributed by atoms with Gasteiger partial charge in [-0.2, -0.15) is 0 Å². The van der Waals surface area contributed by atoms with E-state index >= 15 is 0 Å². The van der Waals surface area contributed by atoms with Crippen molar-refractivity contribution in [2.24, 2.45) is 0 Å². The second-order valence-electron chi connectivity index (χ2n) is 9.39. The Morgan fingerprint density at radius 3 is 2.35 bits per heavy atom. The largest absolute Gasteiger partial charge is 0.370 e. The highest BCUT2D eigenvalue weighted by molar-refractivity contribution is 8.04. The van der Waals surface area contributed by atoms with Crippen molar-refractivity contribution in [3.05, 3.63) is 131 Å². The zero-order valence-electron chi connectivity index (χ0n) is 22.2. The predicted octanol–water partition coefficient (Wildman–Crippen LogP) is 6.76. The van der Waals surface area contributed by atoms with Gasteiger partial charge in [0, 0.05) is 35.8 Å². The van der Waals surface area contributed by atoms with E-state index < -0.39 is 0 Å². The van der Waals surface area contributed by atoms with Crippen LogP contribution in [0.4, 0.5) is 15.8 Å². The van der Waals surface area contributed by atoms with Crippen molar-refractivity contribution in [3.8, 4) is 0 Å². The third-order valence-electron chi connectivity index (χ3n) is 6.71. The number of benzene rings is 4. The summed E-state index contributed by atoms with van der Waals surface area (Å²) in [5, 5.41) is 3.02. The highest BCUT2D eigenvalue weighted by Gasteiger charge is 2.30. The summed E-state index contributed by atoms with van der Waals surface area (Å²) < 4.78 is 13.6. The first-order valence-corrected chi connectivity index (χ1v) is 14.1. The van der Waals surface area contributed by atoms with Crippen molar-refractivity contribution < 1.29 is 14.0 Å². The monoisotopic (exact) mass is 551 g/mol. The van der Waals surface area contributed by atoms with Crippen LogP contribution in [0.25, 0.3) is 6.08 Å². The van der Waals surface area contributed by atoms with Crippen LogP contribution in [0.15, 0.2) is 113 Å². The molecule has 0 saturated carbocycles. The first-order valence-electron chi connectivity index (χ1n) is 13.2. The quantitative estimate of drug-likeness (QED) is 0.234. The molecule has 0 saturated heterocycles. The van der Waals surface area contributed by atoms with E-state index in [0.29, 0.717) is 29.2 Å². The maximum Gasteiger partial charge on any atom is 0.265 e. The fraction of sp³-hybridized carbons (Fsp3) is 0.152. The molecule has 1 aliphatic heterocycles. The number of nitrogens with one attached hydrogen (secondary N) is 1. The van der Waals surface area contributed by atoms with Gasteiger partial charge in [0.1, 0.15) is 5.82 Å². The van der Waals surface area contributed by atoms with E-state index in [1.54, 1.807) is 29.2 Å². The van der Waals surface area contributed by atoms with E-state index in [4.69, 9.17) is 0 Å². The predicted molar refractivity (Wildman–Crippen MR) is 161 cm³/mol. The Kier molecular flexibility index (Phi) is 8.62. The van der Waals surface area contributed by atoms with Crippen molar-refractivity contribution in [2.75, 3.05) is 29.4 Å². The maximum absolute atomic E-state index is 13.7. The summed E-state index contributed by atoms with van der Waals surface area (Å²) in [5.41, 5.74) is 3.98. The van der Waals surface area contributed by atoms with Crippen LogP contribution in [0.5, 0.6) is 0 Å². The van der Waals surface area contributed by atoms with E-state index in [1.165, 1.54) is 23.9 Å². The minimum absolute atomic E-state index is 0.162. The second-order valence-corrected chi connectivity index (χ2v) is 10.5. The molecule has 0 unspecified atom stereocenters. The summed E-state index contributed by atoms with van der Waals surface area (Å²) in [4.78, 5) is 32.2. The molecule has 5 rings (SSSR count). The van der Waals surface area contributed by atoms with Gasteiger partial charge in [-0.15, -0.1) is 0 Å².